The van der Waals surface area contributed by atoms with Gasteiger partial charge < -0.3 is 4.90 Å². The summed E-state index contributed by atoms with van der Waals surface area (Å²) in [7, 11) is 0. The number of carbonyl (C=O) groups excluding carboxylic acids is 1. The second-order valence-electron chi connectivity index (χ2n) is 6.77. The number of amides is 1. The molecule has 0 N–H and O–H groups in total. The van der Waals surface area contributed by atoms with Gasteiger partial charge in [0.2, 0.25) is 5.91 Å². The molecule has 0 radical (unpaired) electrons. The van der Waals surface area contributed by atoms with Gasteiger partial charge in [0.15, 0.2) is 5.65 Å². The maximum atomic E-state index is 12.4. The van der Waals surface area contributed by atoms with Gasteiger partial charge in [-0.2, -0.15) is 5.10 Å². The van der Waals surface area contributed by atoms with Gasteiger partial charge in [0.05, 0.1) is 5.69 Å². The summed E-state index contributed by atoms with van der Waals surface area (Å²) < 4.78 is 1.95. The highest BCUT2D eigenvalue weighted by Crippen LogP contribution is 2.28. The number of benzene rings is 1. The monoisotopic (exact) mass is 346 g/mol. The van der Waals surface area contributed by atoms with E-state index in [-0.39, 0.29) is 5.91 Å². The first-order valence-corrected chi connectivity index (χ1v) is 9.04. The van der Waals surface area contributed by atoms with Gasteiger partial charge in [-0.1, -0.05) is 30.3 Å². The molecule has 0 saturated carbocycles. The lowest BCUT2D eigenvalue weighted by Crippen LogP contribution is -2.37. The van der Waals surface area contributed by atoms with Crippen LogP contribution in [0.3, 0.4) is 0 Å². The molecule has 3 heterocycles. The SMILES string of the molecule is Cc1cc2nccc(C3CCN(C(=O)/C=C/c4ccccc4)CC3)n2n1. The molecule has 5 heteroatoms. The number of nitrogens with zero attached hydrogens (tertiary/aromatic N) is 4. The van der Waals surface area contributed by atoms with Crippen molar-refractivity contribution in [3.05, 3.63) is 71.7 Å². The Hall–Kier alpha value is -2.95. The average Bonchev–Trinajstić information content (AvgIpc) is 3.07. The molecule has 1 aliphatic heterocycles. The van der Waals surface area contributed by atoms with Crippen molar-refractivity contribution in [2.75, 3.05) is 13.1 Å². The van der Waals surface area contributed by atoms with Gasteiger partial charge in [-0.05, 0) is 37.5 Å². The van der Waals surface area contributed by atoms with Crippen LogP contribution in [0, 0.1) is 6.92 Å². The van der Waals surface area contributed by atoms with Crippen LogP contribution in [0.1, 0.15) is 35.7 Å². The van der Waals surface area contributed by atoms with Crippen molar-refractivity contribution in [2.45, 2.75) is 25.7 Å². The molecule has 0 unspecified atom stereocenters. The Balaban J connectivity index is 1.42. The van der Waals surface area contributed by atoms with E-state index >= 15 is 0 Å². The van der Waals surface area contributed by atoms with Crippen LogP contribution in [0.2, 0.25) is 0 Å². The summed E-state index contributed by atoms with van der Waals surface area (Å²) in [5, 5.41) is 4.57. The first-order valence-electron chi connectivity index (χ1n) is 9.04. The van der Waals surface area contributed by atoms with Crippen molar-refractivity contribution < 1.29 is 4.79 Å². The van der Waals surface area contributed by atoms with Gasteiger partial charge >= 0.3 is 0 Å². The summed E-state index contributed by atoms with van der Waals surface area (Å²) in [5.41, 5.74) is 4.10. The van der Waals surface area contributed by atoms with Crippen molar-refractivity contribution >= 4 is 17.6 Å². The third-order valence-electron chi connectivity index (χ3n) is 4.95. The van der Waals surface area contributed by atoms with Crippen LogP contribution < -0.4 is 0 Å². The molecule has 1 aliphatic rings. The molecule has 2 aromatic heterocycles. The molecule has 1 saturated heterocycles. The fraction of sp³-hybridized carbons (Fsp3) is 0.286. The number of hydrogen-bond acceptors (Lipinski definition) is 3. The van der Waals surface area contributed by atoms with Crippen LogP contribution >= 0.6 is 0 Å². The van der Waals surface area contributed by atoms with E-state index in [1.165, 1.54) is 5.69 Å². The summed E-state index contributed by atoms with van der Waals surface area (Å²) >= 11 is 0. The van der Waals surface area contributed by atoms with E-state index in [4.69, 9.17) is 0 Å². The summed E-state index contributed by atoms with van der Waals surface area (Å²) in [5.74, 6) is 0.490. The second-order valence-corrected chi connectivity index (χ2v) is 6.77. The quantitative estimate of drug-likeness (QED) is 0.683. The van der Waals surface area contributed by atoms with E-state index < -0.39 is 0 Å². The molecule has 0 bridgehead atoms. The van der Waals surface area contributed by atoms with Crippen molar-refractivity contribution in [1.82, 2.24) is 19.5 Å². The highest BCUT2D eigenvalue weighted by atomic mass is 16.2. The summed E-state index contributed by atoms with van der Waals surface area (Å²) in [6, 6.07) is 14.0. The zero-order chi connectivity index (χ0) is 17.9. The van der Waals surface area contributed by atoms with Crippen LogP contribution in [-0.4, -0.2) is 38.5 Å². The molecule has 1 fully saturated rings. The van der Waals surface area contributed by atoms with Gasteiger partial charge in [0, 0.05) is 43.0 Å². The molecule has 1 aromatic carbocycles. The second kappa shape index (κ2) is 7.12. The van der Waals surface area contributed by atoms with E-state index in [9.17, 15) is 4.79 Å². The number of hydrogen-bond donors (Lipinski definition) is 0. The Morgan fingerprint density at radius 3 is 2.69 bits per heavy atom. The Morgan fingerprint density at radius 2 is 1.92 bits per heavy atom. The summed E-state index contributed by atoms with van der Waals surface area (Å²) in [6.45, 7) is 3.53. The van der Waals surface area contributed by atoms with Crippen molar-refractivity contribution in [3.63, 3.8) is 0 Å². The van der Waals surface area contributed by atoms with Crippen LogP contribution in [0.5, 0.6) is 0 Å². The highest BCUT2D eigenvalue weighted by molar-refractivity contribution is 5.91. The normalized spacial score (nSPS) is 15.8. The van der Waals surface area contributed by atoms with E-state index in [0.717, 1.165) is 42.8 Å². The van der Waals surface area contributed by atoms with Gasteiger partial charge in [-0.3, -0.25) is 4.79 Å². The third-order valence-corrected chi connectivity index (χ3v) is 4.95. The molecular formula is C21H22N4O. The number of fused-ring (bicyclic) bond motifs is 1. The molecule has 0 spiro atoms. The van der Waals surface area contributed by atoms with Gasteiger partial charge in [0.25, 0.3) is 0 Å². The molecule has 5 nitrogen and oxygen atoms in total. The lowest BCUT2D eigenvalue weighted by Gasteiger charge is -2.31. The van der Waals surface area contributed by atoms with Crippen molar-refractivity contribution in [3.8, 4) is 0 Å². The number of piperidine rings is 1. The van der Waals surface area contributed by atoms with E-state index in [0.29, 0.717) is 5.92 Å². The zero-order valence-corrected chi connectivity index (χ0v) is 14.9. The molecule has 1 amide bonds. The number of likely N-dealkylation sites (tertiary alicyclic amines) is 1. The first kappa shape index (κ1) is 16.5. The average molecular weight is 346 g/mol. The van der Waals surface area contributed by atoms with Crippen LogP contribution in [0.4, 0.5) is 0 Å². The molecule has 4 rings (SSSR count). The molecule has 26 heavy (non-hydrogen) atoms. The van der Waals surface area contributed by atoms with E-state index in [2.05, 4.69) is 16.1 Å². The fourth-order valence-corrected chi connectivity index (χ4v) is 3.57. The Labute approximate surface area is 153 Å². The highest BCUT2D eigenvalue weighted by Gasteiger charge is 2.24. The van der Waals surface area contributed by atoms with Gasteiger partial charge in [0.1, 0.15) is 0 Å². The minimum absolute atomic E-state index is 0.0853. The Kier molecular flexibility index (Phi) is 4.52. The smallest absolute Gasteiger partial charge is 0.246 e. The van der Waals surface area contributed by atoms with Crippen molar-refractivity contribution in [2.24, 2.45) is 0 Å². The molecule has 0 atom stereocenters. The lowest BCUT2D eigenvalue weighted by atomic mass is 9.93. The number of aryl methyl sites for hydroxylation is 1. The summed E-state index contributed by atoms with van der Waals surface area (Å²) in [6.07, 6.45) is 7.31. The van der Waals surface area contributed by atoms with Gasteiger partial charge in [-0.15, -0.1) is 0 Å². The predicted octanol–water partition coefficient (Wildman–Crippen LogP) is 3.46. The van der Waals surface area contributed by atoms with E-state index in [1.54, 1.807) is 6.08 Å². The fourth-order valence-electron chi connectivity index (χ4n) is 3.57. The minimum Gasteiger partial charge on any atom is -0.339 e. The molecular weight excluding hydrogens is 324 g/mol. The number of rotatable bonds is 3. The molecule has 0 aliphatic carbocycles. The topological polar surface area (TPSA) is 50.5 Å². The van der Waals surface area contributed by atoms with Gasteiger partial charge in [-0.25, -0.2) is 9.50 Å². The van der Waals surface area contributed by atoms with Crippen LogP contribution in [0.15, 0.2) is 54.7 Å². The third kappa shape index (κ3) is 3.38. The molecule has 132 valence electrons. The zero-order valence-electron chi connectivity index (χ0n) is 14.9. The standard InChI is InChI=1S/C21H22N4O/c1-16-15-20-22-12-9-19(25(20)23-16)18-10-13-24(14-11-18)21(26)8-7-17-5-3-2-4-6-17/h2-9,12,15,18H,10-11,13-14H2,1H3/b8-7+. The Bertz CT molecular complexity index is 937. The largest absolute Gasteiger partial charge is 0.339 e. The summed E-state index contributed by atoms with van der Waals surface area (Å²) in [4.78, 5) is 18.8. The van der Waals surface area contributed by atoms with Crippen molar-refractivity contribution in [1.29, 1.82) is 0 Å². The maximum absolute atomic E-state index is 12.4. The number of carbonyl (C=O) groups is 1. The minimum atomic E-state index is 0.0853. The first-order chi connectivity index (χ1) is 12.7. The lowest BCUT2D eigenvalue weighted by molar-refractivity contribution is -0.127. The predicted molar refractivity (Wildman–Crippen MR) is 102 cm³/mol. The van der Waals surface area contributed by atoms with Crippen LogP contribution in [-0.2, 0) is 4.79 Å². The number of aromatic nitrogens is 3. The molecule has 3 aromatic rings. The van der Waals surface area contributed by atoms with E-state index in [1.807, 2.05) is 65.0 Å². The Morgan fingerprint density at radius 1 is 1.15 bits per heavy atom. The van der Waals surface area contributed by atoms with Crippen LogP contribution in [0.25, 0.3) is 11.7 Å². The maximum Gasteiger partial charge on any atom is 0.246 e.